The minimum absolute atomic E-state index is 0.216. The molecule has 0 spiro atoms. The fourth-order valence-corrected chi connectivity index (χ4v) is 1.16. The summed E-state index contributed by atoms with van der Waals surface area (Å²) >= 11 is 0. The van der Waals surface area contributed by atoms with Gasteiger partial charge in [-0.1, -0.05) is 13.8 Å². The molecule has 1 saturated carbocycles. The zero-order chi connectivity index (χ0) is 7.07. The Balaban J connectivity index is 2.42. The molecule has 0 aliphatic heterocycles. The van der Waals surface area contributed by atoms with Crippen molar-refractivity contribution in [1.29, 1.82) is 0 Å². The molecule has 0 aromatic carbocycles. The first-order chi connectivity index (χ1) is 4.08. The van der Waals surface area contributed by atoms with Crippen molar-refractivity contribution in [2.24, 2.45) is 17.1 Å². The number of Topliss-reactive ketones (excluding diaryl/α,β-unsaturated/α-hetero) is 1. The Morgan fingerprint density at radius 3 is 2.33 bits per heavy atom. The molecule has 1 aliphatic rings. The van der Waals surface area contributed by atoms with Gasteiger partial charge in [-0.2, -0.15) is 0 Å². The molecule has 0 saturated heterocycles. The summed E-state index contributed by atoms with van der Waals surface area (Å²) in [6, 6.07) is 0. The Morgan fingerprint density at radius 1 is 1.78 bits per heavy atom. The molecule has 1 fully saturated rings. The average molecular weight is 127 g/mol. The van der Waals surface area contributed by atoms with E-state index in [0.29, 0.717) is 0 Å². The minimum Gasteiger partial charge on any atom is -0.324 e. The molecule has 2 nitrogen and oxygen atoms in total. The number of carbonyl (C=O) groups is 1. The molecule has 1 atom stereocenters. The Kier molecular flexibility index (Phi) is 1.35. The molecule has 52 valence electrons. The van der Waals surface area contributed by atoms with Gasteiger partial charge in [-0.05, 0) is 11.8 Å². The molecular weight excluding hydrogens is 114 g/mol. The third-order valence-corrected chi connectivity index (χ3v) is 2.10. The van der Waals surface area contributed by atoms with Crippen molar-refractivity contribution in [2.75, 3.05) is 6.54 Å². The first-order valence-corrected chi connectivity index (χ1v) is 3.31. The summed E-state index contributed by atoms with van der Waals surface area (Å²) in [4.78, 5) is 10.9. The SMILES string of the molecule is CC1(C)CC1C(=O)CN. The molecule has 1 unspecified atom stereocenters. The molecular formula is C7H13NO. The van der Waals surface area contributed by atoms with E-state index in [0.717, 1.165) is 6.42 Å². The summed E-state index contributed by atoms with van der Waals surface area (Å²) in [6.07, 6.45) is 1.03. The highest BCUT2D eigenvalue weighted by Gasteiger charge is 2.49. The Hall–Kier alpha value is -0.370. The zero-order valence-corrected chi connectivity index (χ0v) is 5.98. The summed E-state index contributed by atoms with van der Waals surface area (Å²) in [6.45, 7) is 4.42. The Morgan fingerprint density at radius 2 is 2.22 bits per heavy atom. The van der Waals surface area contributed by atoms with Gasteiger partial charge in [0.05, 0.1) is 6.54 Å². The standard InChI is InChI=1S/C7H13NO/c1-7(2)3-5(7)6(9)4-8/h5H,3-4,8H2,1-2H3. The van der Waals surface area contributed by atoms with E-state index in [9.17, 15) is 4.79 Å². The van der Waals surface area contributed by atoms with Crippen LogP contribution in [-0.2, 0) is 4.79 Å². The van der Waals surface area contributed by atoms with Crippen molar-refractivity contribution in [2.45, 2.75) is 20.3 Å². The van der Waals surface area contributed by atoms with Gasteiger partial charge in [0.15, 0.2) is 0 Å². The van der Waals surface area contributed by atoms with Crippen molar-refractivity contribution in [3.63, 3.8) is 0 Å². The first-order valence-electron chi connectivity index (χ1n) is 3.31. The largest absolute Gasteiger partial charge is 0.324 e. The highest BCUT2D eigenvalue weighted by atomic mass is 16.1. The number of rotatable bonds is 2. The highest BCUT2D eigenvalue weighted by Crippen LogP contribution is 2.51. The van der Waals surface area contributed by atoms with Gasteiger partial charge in [0, 0.05) is 5.92 Å². The van der Waals surface area contributed by atoms with Gasteiger partial charge in [-0.15, -0.1) is 0 Å². The van der Waals surface area contributed by atoms with Crippen LogP contribution in [0.15, 0.2) is 0 Å². The van der Waals surface area contributed by atoms with Crippen LogP contribution in [0.3, 0.4) is 0 Å². The summed E-state index contributed by atoms with van der Waals surface area (Å²) in [7, 11) is 0. The van der Waals surface area contributed by atoms with E-state index in [1.807, 2.05) is 0 Å². The number of hydrogen-bond acceptors (Lipinski definition) is 2. The number of ketones is 1. The predicted octanol–water partition coefficient (Wildman–Crippen LogP) is 0.560. The number of hydrogen-bond donors (Lipinski definition) is 1. The van der Waals surface area contributed by atoms with Gasteiger partial charge in [-0.25, -0.2) is 0 Å². The molecule has 0 aromatic rings. The molecule has 2 heteroatoms. The fourth-order valence-electron chi connectivity index (χ4n) is 1.16. The van der Waals surface area contributed by atoms with Crippen molar-refractivity contribution >= 4 is 5.78 Å². The summed E-state index contributed by atoms with van der Waals surface area (Å²) in [5.41, 5.74) is 5.44. The topological polar surface area (TPSA) is 43.1 Å². The number of nitrogens with two attached hydrogens (primary N) is 1. The maximum absolute atomic E-state index is 10.9. The van der Waals surface area contributed by atoms with E-state index >= 15 is 0 Å². The van der Waals surface area contributed by atoms with E-state index in [1.165, 1.54) is 0 Å². The fraction of sp³-hybridized carbons (Fsp3) is 0.857. The highest BCUT2D eigenvalue weighted by molar-refractivity contribution is 5.86. The Bertz CT molecular complexity index is 140. The minimum atomic E-state index is 0.216. The Labute approximate surface area is 55.4 Å². The number of carbonyl (C=O) groups excluding carboxylic acids is 1. The van der Waals surface area contributed by atoms with Crippen LogP contribution < -0.4 is 5.73 Å². The molecule has 0 heterocycles. The first kappa shape index (κ1) is 6.75. The molecule has 0 radical (unpaired) electrons. The molecule has 1 aliphatic carbocycles. The monoisotopic (exact) mass is 127 g/mol. The molecule has 0 aromatic heterocycles. The molecule has 0 amide bonds. The van der Waals surface area contributed by atoms with Crippen LogP contribution in [0.2, 0.25) is 0 Å². The van der Waals surface area contributed by atoms with Gasteiger partial charge in [-0.3, -0.25) is 4.79 Å². The average Bonchev–Trinajstić information content (AvgIpc) is 2.38. The van der Waals surface area contributed by atoms with Gasteiger partial charge >= 0.3 is 0 Å². The zero-order valence-electron chi connectivity index (χ0n) is 5.98. The quantitative estimate of drug-likeness (QED) is 0.589. The van der Waals surface area contributed by atoms with Gasteiger partial charge < -0.3 is 5.73 Å². The third kappa shape index (κ3) is 1.13. The smallest absolute Gasteiger partial charge is 0.150 e. The van der Waals surface area contributed by atoms with Gasteiger partial charge in [0.1, 0.15) is 5.78 Å². The lowest BCUT2D eigenvalue weighted by Gasteiger charge is -1.98. The van der Waals surface area contributed by atoms with Crippen molar-refractivity contribution < 1.29 is 4.79 Å². The van der Waals surface area contributed by atoms with Crippen molar-refractivity contribution in [3.05, 3.63) is 0 Å². The van der Waals surface area contributed by atoms with Crippen LogP contribution in [0.5, 0.6) is 0 Å². The summed E-state index contributed by atoms with van der Waals surface area (Å²) in [5.74, 6) is 0.488. The van der Waals surface area contributed by atoms with E-state index in [2.05, 4.69) is 13.8 Å². The third-order valence-electron chi connectivity index (χ3n) is 2.10. The lowest BCUT2D eigenvalue weighted by molar-refractivity contribution is -0.119. The molecule has 2 N–H and O–H groups in total. The van der Waals surface area contributed by atoms with Crippen molar-refractivity contribution in [1.82, 2.24) is 0 Å². The molecule has 1 rings (SSSR count). The van der Waals surface area contributed by atoms with Crippen LogP contribution in [0.1, 0.15) is 20.3 Å². The normalized spacial score (nSPS) is 29.9. The second kappa shape index (κ2) is 1.81. The lowest BCUT2D eigenvalue weighted by Crippen LogP contribution is -2.17. The van der Waals surface area contributed by atoms with Crippen LogP contribution in [0.25, 0.3) is 0 Å². The van der Waals surface area contributed by atoms with E-state index < -0.39 is 0 Å². The lowest BCUT2D eigenvalue weighted by atomic mass is 10.1. The van der Waals surface area contributed by atoms with E-state index in [1.54, 1.807) is 0 Å². The second-order valence-electron chi connectivity index (χ2n) is 3.42. The van der Waals surface area contributed by atoms with Crippen molar-refractivity contribution in [3.8, 4) is 0 Å². The van der Waals surface area contributed by atoms with E-state index in [-0.39, 0.29) is 23.7 Å². The predicted molar refractivity (Wildman–Crippen MR) is 35.9 cm³/mol. The van der Waals surface area contributed by atoms with Crippen LogP contribution in [0.4, 0.5) is 0 Å². The summed E-state index contributed by atoms with van der Waals surface area (Å²) < 4.78 is 0. The summed E-state index contributed by atoms with van der Waals surface area (Å²) in [5, 5.41) is 0. The molecule has 0 bridgehead atoms. The van der Waals surface area contributed by atoms with E-state index in [4.69, 9.17) is 5.73 Å². The molecule has 9 heavy (non-hydrogen) atoms. The van der Waals surface area contributed by atoms with Crippen LogP contribution >= 0.6 is 0 Å². The second-order valence-corrected chi connectivity index (χ2v) is 3.42. The van der Waals surface area contributed by atoms with Gasteiger partial charge in [0.25, 0.3) is 0 Å². The van der Waals surface area contributed by atoms with Crippen LogP contribution in [-0.4, -0.2) is 12.3 Å². The maximum Gasteiger partial charge on any atom is 0.150 e. The van der Waals surface area contributed by atoms with Crippen LogP contribution in [0, 0.1) is 11.3 Å². The maximum atomic E-state index is 10.9. The van der Waals surface area contributed by atoms with Gasteiger partial charge in [0.2, 0.25) is 0 Å².